The Morgan fingerprint density at radius 3 is 2.74 bits per heavy atom. The molecule has 2 N–H and O–H groups in total. The monoisotopic (exact) mass is 334 g/mol. The molecule has 2 aromatic rings. The van der Waals surface area contributed by atoms with Gasteiger partial charge in [0.1, 0.15) is 10.8 Å². The lowest BCUT2D eigenvalue weighted by Gasteiger charge is -2.18. The Hall–Kier alpha value is -2.02. The third-order valence-corrected chi connectivity index (χ3v) is 5.03. The van der Waals surface area contributed by atoms with E-state index in [-0.39, 0.29) is 5.82 Å². The molecule has 0 bridgehead atoms. The zero-order valence-corrected chi connectivity index (χ0v) is 13.8. The fraction of sp³-hybridized carbons (Fsp3) is 0.438. The first-order chi connectivity index (χ1) is 11.1. The SMILES string of the molecule is Cc1cc(NC(=O)Nc2nnc(C3CCCCC3)s2)ccc1F. The molecule has 3 rings (SSSR count). The molecule has 1 aromatic heterocycles. The number of anilines is 2. The van der Waals surface area contributed by atoms with Crippen LogP contribution in [0.25, 0.3) is 0 Å². The summed E-state index contributed by atoms with van der Waals surface area (Å²) in [7, 11) is 0. The van der Waals surface area contributed by atoms with Gasteiger partial charge in [0.2, 0.25) is 5.13 Å². The molecular weight excluding hydrogens is 315 g/mol. The van der Waals surface area contributed by atoms with Crippen LogP contribution in [0.15, 0.2) is 18.2 Å². The Morgan fingerprint density at radius 1 is 1.22 bits per heavy atom. The minimum Gasteiger partial charge on any atom is -0.308 e. The van der Waals surface area contributed by atoms with E-state index in [4.69, 9.17) is 0 Å². The van der Waals surface area contributed by atoms with E-state index in [1.54, 1.807) is 13.0 Å². The summed E-state index contributed by atoms with van der Waals surface area (Å²) in [5, 5.41) is 15.1. The van der Waals surface area contributed by atoms with Gasteiger partial charge in [-0.2, -0.15) is 0 Å². The van der Waals surface area contributed by atoms with Gasteiger partial charge in [0, 0.05) is 11.6 Å². The highest BCUT2D eigenvalue weighted by molar-refractivity contribution is 7.15. The molecule has 0 saturated heterocycles. The van der Waals surface area contributed by atoms with Gasteiger partial charge in [-0.25, -0.2) is 9.18 Å². The topological polar surface area (TPSA) is 66.9 Å². The number of amides is 2. The highest BCUT2D eigenvalue weighted by atomic mass is 32.1. The van der Waals surface area contributed by atoms with Crippen LogP contribution in [-0.4, -0.2) is 16.2 Å². The van der Waals surface area contributed by atoms with Gasteiger partial charge in [-0.1, -0.05) is 30.6 Å². The van der Waals surface area contributed by atoms with Crippen molar-refractivity contribution in [3.8, 4) is 0 Å². The molecule has 1 heterocycles. The van der Waals surface area contributed by atoms with Crippen molar-refractivity contribution in [1.29, 1.82) is 0 Å². The van der Waals surface area contributed by atoms with Gasteiger partial charge in [-0.15, -0.1) is 10.2 Å². The van der Waals surface area contributed by atoms with Gasteiger partial charge in [-0.3, -0.25) is 5.32 Å². The van der Waals surface area contributed by atoms with Gasteiger partial charge in [0.15, 0.2) is 0 Å². The molecule has 1 saturated carbocycles. The number of hydrogen-bond acceptors (Lipinski definition) is 4. The molecule has 1 aromatic carbocycles. The van der Waals surface area contributed by atoms with Crippen LogP contribution < -0.4 is 10.6 Å². The Bertz CT molecular complexity index is 697. The Kier molecular flexibility index (Phi) is 4.85. The minimum absolute atomic E-state index is 0.294. The molecule has 1 aliphatic rings. The quantitative estimate of drug-likeness (QED) is 0.856. The van der Waals surface area contributed by atoms with Crippen LogP contribution in [0, 0.1) is 12.7 Å². The number of nitrogens with zero attached hydrogens (tertiary/aromatic N) is 2. The highest BCUT2D eigenvalue weighted by Gasteiger charge is 2.20. The van der Waals surface area contributed by atoms with Crippen molar-refractivity contribution in [2.45, 2.75) is 44.9 Å². The van der Waals surface area contributed by atoms with E-state index in [1.807, 2.05) is 0 Å². The number of nitrogens with one attached hydrogen (secondary N) is 2. The van der Waals surface area contributed by atoms with E-state index in [0.29, 0.717) is 22.3 Å². The van der Waals surface area contributed by atoms with Crippen LogP contribution in [-0.2, 0) is 0 Å². The fourth-order valence-corrected chi connectivity index (χ4v) is 3.69. The summed E-state index contributed by atoms with van der Waals surface area (Å²) in [6, 6.07) is 4.04. The van der Waals surface area contributed by atoms with Crippen LogP contribution in [0.2, 0.25) is 0 Å². The van der Waals surface area contributed by atoms with Crippen molar-refractivity contribution >= 4 is 28.2 Å². The van der Waals surface area contributed by atoms with Crippen molar-refractivity contribution in [3.05, 3.63) is 34.6 Å². The molecule has 0 atom stereocenters. The van der Waals surface area contributed by atoms with Crippen molar-refractivity contribution < 1.29 is 9.18 Å². The van der Waals surface area contributed by atoms with E-state index >= 15 is 0 Å². The Labute approximate surface area is 138 Å². The molecule has 1 fully saturated rings. The number of carbonyl (C=O) groups excluding carboxylic acids is 1. The lowest BCUT2D eigenvalue weighted by atomic mass is 9.90. The number of rotatable bonds is 3. The molecule has 0 radical (unpaired) electrons. The summed E-state index contributed by atoms with van der Waals surface area (Å²) in [6.07, 6.45) is 6.06. The predicted molar refractivity (Wildman–Crippen MR) is 89.5 cm³/mol. The summed E-state index contributed by atoms with van der Waals surface area (Å²) in [6.45, 7) is 1.65. The first kappa shape index (κ1) is 15.9. The number of hydrogen-bond donors (Lipinski definition) is 2. The van der Waals surface area contributed by atoms with Gasteiger partial charge in [0.05, 0.1) is 0 Å². The van der Waals surface area contributed by atoms with Gasteiger partial charge < -0.3 is 5.32 Å². The summed E-state index contributed by atoms with van der Waals surface area (Å²) >= 11 is 1.43. The van der Waals surface area contributed by atoms with E-state index in [0.717, 1.165) is 17.8 Å². The molecule has 2 amide bonds. The average molecular weight is 334 g/mol. The first-order valence-electron chi connectivity index (χ1n) is 7.79. The average Bonchev–Trinajstić information content (AvgIpc) is 3.00. The second kappa shape index (κ2) is 7.04. The molecular formula is C16H19FN4OS. The standard InChI is InChI=1S/C16H19FN4OS/c1-10-9-12(7-8-13(10)17)18-15(22)19-16-21-20-14(23-16)11-5-3-2-4-6-11/h7-9,11H,2-6H2,1H3,(H2,18,19,21,22). The highest BCUT2D eigenvalue weighted by Crippen LogP contribution is 2.35. The summed E-state index contributed by atoms with van der Waals surface area (Å²) < 4.78 is 13.2. The molecule has 0 unspecified atom stereocenters. The van der Waals surface area contributed by atoms with E-state index in [9.17, 15) is 9.18 Å². The zero-order valence-electron chi connectivity index (χ0n) is 12.9. The summed E-state index contributed by atoms with van der Waals surface area (Å²) in [5.41, 5.74) is 1.02. The molecule has 0 aliphatic heterocycles. The summed E-state index contributed by atoms with van der Waals surface area (Å²) in [4.78, 5) is 12.0. The fourth-order valence-electron chi connectivity index (χ4n) is 2.78. The molecule has 122 valence electrons. The van der Waals surface area contributed by atoms with Gasteiger partial charge in [-0.05, 0) is 43.5 Å². The second-order valence-corrected chi connectivity index (χ2v) is 6.83. The molecule has 23 heavy (non-hydrogen) atoms. The Balaban J connectivity index is 1.59. The number of benzene rings is 1. The maximum Gasteiger partial charge on any atom is 0.325 e. The van der Waals surface area contributed by atoms with Crippen LogP contribution in [0.4, 0.5) is 20.0 Å². The smallest absolute Gasteiger partial charge is 0.308 e. The van der Waals surface area contributed by atoms with E-state index < -0.39 is 6.03 Å². The van der Waals surface area contributed by atoms with Crippen molar-refractivity contribution in [3.63, 3.8) is 0 Å². The largest absolute Gasteiger partial charge is 0.325 e. The third-order valence-electron chi connectivity index (χ3n) is 4.03. The van der Waals surface area contributed by atoms with Gasteiger partial charge in [0.25, 0.3) is 0 Å². The molecule has 5 nitrogen and oxygen atoms in total. The third kappa shape index (κ3) is 4.04. The van der Waals surface area contributed by atoms with Crippen molar-refractivity contribution in [2.75, 3.05) is 10.6 Å². The van der Waals surface area contributed by atoms with Crippen LogP contribution in [0.5, 0.6) is 0 Å². The van der Waals surface area contributed by atoms with Crippen LogP contribution in [0.1, 0.15) is 48.6 Å². The van der Waals surface area contributed by atoms with Crippen molar-refractivity contribution in [2.24, 2.45) is 0 Å². The second-order valence-electron chi connectivity index (χ2n) is 5.82. The first-order valence-corrected chi connectivity index (χ1v) is 8.61. The summed E-state index contributed by atoms with van der Waals surface area (Å²) in [5.74, 6) is 0.178. The van der Waals surface area contributed by atoms with Crippen LogP contribution >= 0.6 is 11.3 Å². The number of aromatic nitrogens is 2. The lowest BCUT2D eigenvalue weighted by molar-refractivity contribution is 0.262. The molecule has 1 aliphatic carbocycles. The maximum absolute atomic E-state index is 13.2. The van der Waals surface area contributed by atoms with Gasteiger partial charge >= 0.3 is 6.03 Å². The number of aryl methyl sites for hydroxylation is 1. The molecule has 7 heteroatoms. The number of carbonyl (C=O) groups is 1. The maximum atomic E-state index is 13.2. The zero-order chi connectivity index (χ0) is 16.2. The normalized spacial score (nSPS) is 15.4. The lowest BCUT2D eigenvalue weighted by Crippen LogP contribution is -2.19. The molecule has 0 spiro atoms. The Morgan fingerprint density at radius 2 is 2.00 bits per heavy atom. The number of urea groups is 1. The minimum atomic E-state index is -0.401. The van der Waals surface area contributed by atoms with E-state index in [1.165, 1.54) is 42.7 Å². The predicted octanol–water partition coefficient (Wildman–Crippen LogP) is 4.68. The van der Waals surface area contributed by atoms with E-state index in [2.05, 4.69) is 20.8 Å². The van der Waals surface area contributed by atoms with Crippen LogP contribution in [0.3, 0.4) is 0 Å². The number of halogens is 1. The van der Waals surface area contributed by atoms with Crippen molar-refractivity contribution in [1.82, 2.24) is 10.2 Å².